The van der Waals surface area contributed by atoms with E-state index in [-0.39, 0.29) is 0 Å². The van der Waals surface area contributed by atoms with Gasteiger partial charge in [-0.15, -0.1) is 0 Å². The zero-order valence-electron chi connectivity index (χ0n) is 10.4. The summed E-state index contributed by atoms with van der Waals surface area (Å²) in [5.74, 6) is 1.80. The van der Waals surface area contributed by atoms with E-state index in [2.05, 4.69) is 31.3 Å². The molecular weight excluding hydrogens is 198 g/mol. The quantitative estimate of drug-likeness (QED) is 0.838. The molecule has 2 heteroatoms. The Hall–Kier alpha value is -1.18. The van der Waals surface area contributed by atoms with Crippen LogP contribution in [0, 0.1) is 12.8 Å². The van der Waals surface area contributed by atoms with E-state index in [9.17, 15) is 0 Å². The molecule has 0 aromatic heterocycles. The fraction of sp³-hybridized carbons (Fsp3) is 0.571. The maximum Gasteiger partial charge on any atom is 0.119 e. The number of hydrogen-bond acceptors (Lipinski definition) is 2. The SMILES string of the molecule is COc1ccc(NC2CCC(C)C2)c(C)c1. The molecule has 16 heavy (non-hydrogen) atoms. The highest BCUT2D eigenvalue weighted by Crippen LogP contribution is 2.29. The van der Waals surface area contributed by atoms with Gasteiger partial charge in [0.1, 0.15) is 5.75 Å². The number of rotatable bonds is 3. The van der Waals surface area contributed by atoms with Crippen LogP contribution in [0.1, 0.15) is 31.7 Å². The average molecular weight is 219 g/mol. The van der Waals surface area contributed by atoms with E-state index in [0.717, 1.165) is 11.7 Å². The van der Waals surface area contributed by atoms with Crippen LogP contribution in [0.25, 0.3) is 0 Å². The summed E-state index contributed by atoms with van der Waals surface area (Å²) in [6, 6.07) is 6.88. The zero-order valence-corrected chi connectivity index (χ0v) is 10.4. The summed E-state index contributed by atoms with van der Waals surface area (Å²) in [5, 5.41) is 3.64. The lowest BCUT2D eigenvalue weighted by molar-refractivity contribution is 0.414. The molecule has 0 spiro atoms. The van der Waals surface area contributed by atoms with Gasteiger partial charge in [0.2, 0.25) is 0 Å². The van der Waals surface area contributed by atoms with Crippen molar-refractivity contribution in [2.24, 2.45) is 5.92 Å². The molecule has 1 aliphatic carbocycles. The molecule has 88 valence electrons. The van der Waals surface area contributed by atoms with Crippen molar-refractivity contribution in [1.29, 1.82) is 0 Å². The summed E-state index contributed by atoms with van der Waals surface area (Å²) < 4.78 is 5.21. The van der Waals surface area contributed by atoms with Gasteiger partial charge in [-0.25, -0.2) is 0 Å². The van der Waals surface area contributed by atoms with Crippen LogP contribution >= 0.6 is 0 Å². The van der Waals surface area contributed by atoms with Crippen LogP contribution in [-0.2, 0) is 0 Å². The third-order valence-corrected chi connectivity index (χ3v) is 3.49. The second-order valence-electron chi connectivity index (χ2n) is 4.94. The van der Waals surface area contributed by atoms with Crippen molar-refractivity contribution >= 4 is 5.69 Å². The third kappa shape index (κ3) is 2.49. The van der Waals surface area contributed by atoms with E-state index in [0.29, 0.717) is 6.04 Å². The maximum atomic E-state index is 5.21. The van der Waals surface area contributed by atoms with Gasteiger partial charge in [-0.2, -0.15) is 0 Å². The molecule has 1 saturated carbocycles. The van der Waals surface area contributed by atoms with Crippen molar-refractivity contribution in [3.8, 4) is 5.75 Å². The summed E-state index contributed by atoms with van der Waals surface area (Å²) in [5.41, 5.74) is 2.51. The number of hydrogen-bond donors (Lipinski definition) is 1. The first kappa shape index (κ1) is 11.3. The normalized spacial score (nSPS) is 24.4. The molecule has 0 radical (unpaired) electrons. The summed E-state index contributed by atoms with van der Waals surface area (Å²) in [6.07, 6.45) is 3.95. The molecule has 1 fully saturated rings. The van der Waals surface area contributed by atoms with Gasteiger partial charge in [0.15, 0.2) is 0 Å². The molecular formula is C14H21NO. The third-order valence-electron chi connectivity index (χ3n) is 3.49. The van der Waals surface area contributed by atoms with Crippen molar-refractivity contribution in [2.75, 3.05) is 12.4 Å². The van der Waals surface area contributed by atoms with Gasteiger partial charge in [-0.3, -0.25) is 0 Å². The molecule has 2 unspecified atom stereocenters. The minimum Gasteiger partial charge on any atom is -0.497 e. The van der Waals surface area contributed by atoms with Crippen LogP contribution < -0.4 is 10.1 Å². The minimum absolute atomic E-state index is 0.655. The number of nitrogens with one attached hydrogen (secondary N) is 1. The fourth-order valence-corrected chi connectivity index (χ4v) is 2.48. The second kappa shape index (κ2) is 4.77. The number of benzene rings is 1. The number of methoxy groups -OCH3 is 1. The molecule has 2 rings (SSSR count). The summed E-state index contributed by atoms with van der Waals surface area (Å²) >= 11 is 0. The Kier molecular flexibility index (Phi) is 3.37. The highest BCUT2D eigenvalue weighted by Gasteiger charge is 2.21. The lowest BCUT2D eigenvalue weighted by atomic mass is 10.1. The molecule has 1 aliphatic rings. The van der Waals surface area contributed by atoms with Crippen LogP contribution in [0.3, 0.4) is 0 Å². The van der Waals surface area contributed by atoms with E-state index in [1.807, 2.05) is 6.07 Å². The minimum atomic E-state index is 0.655. The first-order valence-electron chi connectivity index (χ1n) is 6.10. The Morgan fingerprint density at radius 1 is 1.31 bits per heavy atom. The molecule has 1 N–H and O–H groups in total. The molecule has 0 saturated heterocycles. The smallest absolute Gasteiger partial charge is 0.119 e. The Morgan fingerprint density at radius 2 is 2.12 bits per heavy atom. The average Bonchev–Trinajstić information content (AvgIpc) is 2.67. The van der Waals surface area contributed by atoms with Gasteiger partial charge in [0.25, 0.3) is 0 Å². The highest BCUT2D eigenvalue weighted by atomic mass is 16.5. The molecule has 0 heterocycles. The van der Waals surface area contributed by atoms with Gasteiger partial charge >= 0.3 is 0 Å². The second-order valence-corrected chi connectivity index (χ2v) is 4.94. The Morgan fingerprint density at radius 3 is 2.69 bits per heavy atom. The maximum absolute atomic E-state index is 5.21. The molecule has 1 aromatic rings. The lowest BCUT2D eigenvalue weighted by Crippen LogP contribution is -2.15. The van der Waals surface area contributed by atoms with Crippen LogP contribution in [0.5, 0.6) is 5.75 Å². The van der Waals surface area contributed by atoms with Gasteiger partial charge in [0, 0.05) is 11.7 Å². The fourth-order valence-electron chi connectivity index (χ4n) is 2.48. The van der Waals surface area contributed by atoms with Crippen molar-refractivity contribution in [2.45, 2.75) is 39.2 Å². The predicted molar refractivity (Wildman–Crippen MR) is 68.2 cm³/mol. The largest absolute Gasteiger partial charge is 0.497 e. The molecule has 0 aliphatic heterocycles. The lowest BCUT2D eigenvalue weighted by Gasteiger charge is -2.16. The molecule has 2 nitrogen and oxygen atoms in total. The number of anilines is 1. The predicted octanol–water partition coefficient (Wildman–Crippen LogP) is 3.60. The monoisotopic (exact) mass is 219 g/mol. The van der Waals surface area contributed by atoms with E-state index >= 15 is 0 Å². The van der Waals surface area contributed by atoms with Crippen molar-refractivity contribution in [3.05, 3.63) is 23.8 Å². The highest BCUT2D eigenvalue weighted by molar-refractivity contribution is 5.54. The van der Waals surface area contributed by atoms with Crippen LogP contribution in [-0.4, -0.2) is 13.2 Å². The first-order chi connectivity index (χ1) is 7.69. The van der Waals surface area contributed by atoms with E-state index in [1.54, 1.807) is 7.11 Å². The Labute approximate surface area is 98.0 Å². The zero-order chi connectivity index (χ0) is 11.5. The van der Waals surface area contributed by atoms with E-state index in [4.69, 9.17) is 4.74 Å². The Bertz CT molecular complexity index is 362. The summed E-state index contributed by atoms with van der Waals surface area (Å²) in [7, 11) is 1.71. The summed E-state index contributed by atoms with van der Waals surface area (Å²) in [4.78, 5) is 0. The first-order valence-corrected chi connectivity index (χ1v) is 6.10. The number of ether oxygens (including phenoxy) is 1. The van der Waals surface area contributed by atoms with Crippen molar-refractivity contribution in [1.82, 2.24) is 0 Å². The molecule has 2 atom stereocenters. The van der Waals surface area contributed by atoms with E-state index < -0.39 is 0 Å². The number of aryl methyl sites for hydroxylation is 1. The van der Waals surface area contributed by atoms with Crippen LogP contribution in [0.15, 0.2) is 18.2 Å². The Balaban J connectivity index is 2.04. The molecule has 0 bridgehead atoms. The van der Waals surface area contributed by atoms with Gasteiger partial charge in [-0.05, 0) is 55.9 Å². The molecule has 0 amide bonds. The summed E-state index contributed by atoms with van der Waals surface area (Å²) in [6.45, 7) is 4.46. The van der Waals surface area contributed by atoms with Crippen molar-refractivity contribution < 1.29 is 4.74 Å². The topological polar surface area (TPSA) is 21.3 Å². The molecule has 1 aromatic carbocycles. The van der Waals surface area contributed by atoms with Gasteiger partial charge in [-0.1, -0.05) is 6.92 Å². The van der Waals surface area contributed by atoms with E-state index in [1.165, 1.54) is 30.5 Å². The van der Waals surface area contributed by atoms with Gasteiger partial charge < -0.3 is 10.1 Å². The standard InChI is InChI=1S/C14H21NO/c1-10-4-5-12(8-10)15-14-7-6-13(16-3)9-11(14)2/h6-7,9-10,12,15H,4-5,8H2,1-3H3. The van der Waals surface area contributed by atoms with Crippen molar-refractivity contribution in [3.63, 3.8) is 0 Å². The van der Waals surface area contributed by atoms with Gasteiger partial charge in [0.05, 0.1) is 7.11 Å². The van der Waals surface area contributed by atoms with Crippen LogP contribution in [0.2, 0.25) is 0 Å². The van der Waals surface area contributed by atoms with Crippen LogP contribution in [0.4, 0.5) is 5.69 Å².